The first-order chi connectivity index (χ1) is 12.3. The monoisotopic (exact) mass is 326 g/mol. The molecule has 1 aliphatic heterocycles. The highest BCUT2D eigenvalue weighted by Crippen LogP contribution is 2.46. The third-order valence-corrected chi connectivity index (χ3v) is 5.57. The van der Waals surface area contributed by atoms with Gasteiger partial charge in [-0.25, -0.2) is 0 Å². The molecule has 2 heteroatoms. The summed E-state index contributed by atoms with van der Waals surface area (Å²) in [6.07, 6.45) is 7.86. The summed E-state index contributed by atoms with van der Waals surface area (Å²) in [6, 6.07) is 20.2. The Kier molecular flexibility index (Phi) is 3.30. The molecule has 5 rings (SSSR count). The van der Waals surface area contributed by atoms with Crippen molar-refractivity contribution >= 4 is 17.5 Å². The van der Waals surface area contributed by atoms with Crippen LogP contribution in [0, 0.1) is 6.92 Å². The highest BCUT2D eigenvalue weighted by molar-refractivity contribution is 5.73. The van der Waals surface area contributed by atoms with E-state index in [1.54, 1.807) is 0 Å². The molecule has 2 aromatic carbocycles. The number of aromatic nitrogens is 1. The average Bonchev–Trinajstić information content (AvgIpc) is 3.24. The van der Waals surface area contributed by atoms with Gasteiger partial charge in [-0.2, -0.15) is 0 Å². The Morgan fingerprint density at radius 2 is 1.92 bits per heavy atom. The van der Waals surface area contributed by atoms with E-state index < -0.39 is 0 Å². The number of benzene rings is 2. The van der Waals surface area contributed by atoms with Crippen molar-refractivity contribution in [1.82, 2.24) is 4.98 Å². The first-order valence-corrected chi connectivity index (χ1v) is 9.12. The van der Waals surface area contributed by atoms with Crippen LogP contribution in [0.25, 0.3) is 6.08 Å². The smallest absolute Gasteiger partial charge is 0.0782 e. The Morgan fingerprint density at radius 1 is 1.04 bits per heavy atom. The minimum Gasteiger partial charge on any atom is -0.357 e. The Labute approximate surface area is 148 Å². The van der Waals surface area contributed by atoms with E-state index in [2.05, 4.69) is 83.6 Å². The lowest BCUT2D eigenvalue weighted by atomic mass is 10.0. The Bertz CT molecular complexity index is 949. The van der Waals surface area contributed by atoms with E-state index in [4.69, 9.17) is 0 Å². The topological polar surface area (TPSA) is 19.0 Å². The molecular weight excluding hydrogens is 304 g/mol. The van der Waals surface area contributed by atoms with Crippen molar-refractivity contribution < 1.29 is 0 Å². The van der Waals surface area contributed by atoms with Crippen molar-refractivity contribution in [3.8, 4) is 0 Å². The summed E-state index contributed by atoms with van der Waals surface area (Å²) in [4.78, 5) is 6.20. The fourth-order valence-corrected chi connectivity index (χ4v) is 4.30. The van der Waals surface area contributed by atoms with Crippen LogP contribution in [-0.4, -0.2) is 4.98 Å². The summed E-state index contributed by atoms with van der Waals surface area (Å²) in [5.74, 6) is 0. The van der Waals surface area contributed by atoms with Gasteiger partial charge in [0.15, 0.2) is 0 Å². The lowest BCUT2D eigenvalue weighted by molar-refractivity contribution is 0.720. The Hall–Kier alpha value is -2.74. The van der Waals surface area contributed by atoms with E-state index in [1.165, 1.54) is 39.5 Å². The number of para-hydroxylation sites is 1. The molecule has 0 bridgehead atoms. The van der Waals surface area contributed by atoms with Crippen molar-refractivity contribution in [3.63, 3.8) is 0 Å². The van der Waals surface area contributed by atoms with E-state index in [1.807, 2.05) is 0 Å². The lowest BCUT2D eigenvalue weighted by Crippen LogP contribution is -2.19. The maximum absolute atomic E-state index is 3.70. The fraction of sp³-hybridized carbons (Fsp3) is 0.217. The standard InChI is InChI=1S/C23H22N2/c1-16-8-7-13-22-19(16)15-23(25(22)18-10-3-2-4-11-18)21-14-17-9-5-6-12-20(17)24-21/h2-4,6-8,10-14,23-24H,5,9,15H2,1H3. The molecule has 0 spiro atoms. The van der Waals surface area contributed by atoms with Crippen molar-refractivity contribution in [2.75, 3.05) is 4.90 Å². The van der Waals surface area contributed by atoms with Crippen molar-refractivity contribution in [3.05, 3.63) is 88.8 Å². The lowest BCUT2D eigenvalue weighted by Gasteiger charge is -2.27. The predicted molar refractivity (Wildman–Crippen MR) is 104 cm³/mol. The van der Waals surface area contributed by atoms with E-state index in [0.29, 0.717) is 6.04 Å². The molecule has 0 saturated carbocycles. The zero-order chi connectivity index (χ0) is 16.8. The van der Waals surface area contributed by atoms with Crippen LogP contribution in [0.3, 0.4) is 0 Å². The van der Waals surface area contributed by atoms with Crippen LogP contribution < -0.4 is 4.90 Å². The summed E-state index contributed by atoms with van der Waals surface area (Å²) < 4.78 is 0. The van der Waals surface area contributed by atoms with E-state index in [-0.39, 0.29) is 0 Å². The van der Waals surface area contributed by atoms with Gasteiger partial charge in [-0.15, -0.1) is 0 Å². The van der Waals surface area contributed by atoms with Gasteiger partial charge in [0, 0.05) is 29.2 Å². The third-order valence-electron chi connectivity index (χ3n) is 5.57. The molecule has 1 aromatic heterocycles. The van der Waals surface area contributed by atoms with Crippen LogP contribution in [0.15, 0.2) is 60.7 Å². The number of aryl methyl sites for hydroxylation is 2. The molecule has 1 unspecified atom stereocenters. The molecule has 2 heterocycles. The van der Waals surface area contributed by atoms with Crippen molar-refractivity contribution in [1.29, 1.82) is 0 Å². The zero-order valence-corrected chi connectivity index (χ0v) is 14.5. The predicted octanol–water partition coefficient (Wildman–Crippen LogP) is 5.72. The third kappa shape index (κ3) is 2.32. The van der Waals surface area contributed by atoms with Crippen LogP contribution in [0.4, 0.5) is 11.4 Å². The minimum absolute atomic E-state index is 0.331. The summed E-state index contributed by atoms with van der Waals surface area (Å²) in [5, 5.41) is 0. The number of anilines is 2. The van der Waals surface area contributed by atoms with Crippen LogP contribution >= 0.6 is 0 Å². The number of fused-ring (bicyclic) bond motifs is 2. The molecule has 0 amide bonds. The van der Waals surface area contributed by atoms with Gasteiger partial charge in [-0.05, 0) is 66.8 Å². The van der Waals surface area contributed by atoms with Crippen LogP contribution in [0.5, 0.6) is 0 Å². The molecule has 0 radical (unpaired) electrons. The van der Waals surface area contributed by atoms with Gasteiger partial charge in [0.05, 0.1) is 6.04 Å². The van der Waals surface area contributed by atoms with Gasteiger partial charge >= 0.3 is 0 Å². The molecule has 2 nitrogen and oxygen atoms in total. The van der Waals surface area contributed by atoms with E-state index in [0.717, 1.165) is 19.3 Å². The van der Waals surface area contributed by atoms with Gasteiger partial charge in [-0.3, -0.25) is 0 Å². The number of hydrogen-bond acceptors (Lipinski definition) is 1. The second-order valence-corrected chi connectivity index (χ2v) is 7.10. The summed E-state index contributed by atoms with van der Waals surface area (Å²) in [7, 11) is 0. The Balaban J connectivity index is 1.65. The first kappa shape index (κ1) is 14.6. The van der Waals surface area contributed by atoms with Gasteiger partial charge in [0.2, 0.25) is 0 Å². The number of H-pyrrole nitrogens is 1. The second kappa shape index (κ2) is 5.66. The number of nitrogens with zero attached hydrogens (tertiary/aromatic N) is 1. The van der Waals surface area contributed by atoms with Crippen LogP contribution in [0.2, 0.25) is 0 Å². The summed E-state index contributed by atoms with van der Waals surface area (Å²) in [6.45, 7) is 2.23. The minimum atomic E-state index is 0.331. The number of aromatic amines is 1. The van der Waals surface area contributed by atoms with E-state index >= 15 is 0 Å². The first-order valence-electron chi connectivity index (χ1n) is 9.12. The van der Waals surface area contributed by atoms with Gasteiger partial charge in [-0.1, -0.05) is 36.4 Å². The van der Waals surface area contributed by atoms with E-state index in [9.17, 15) is 0 Å². The molecule has 1 N–H and O–H groups in total. The number of allylic oxidation sites excluding steroid dienone is 1. The summed E-state index contributed by atoms with van der Waals surface area (Å²) >= 11 is 0. The normalized spacial score (nSPS) is 18.3. The van der Waals surface area contributed by atoms with Crippen molar-refractivity contribution in [2.45, 2.75) is 32.2 Å². The highest BCUT2D eigenvalue weighted by atomic mass is 15.2. The number of rotatable bonds is 2. The number of hydrogen-bond donors (Lipinski definition) is 1. The summed E-state index contributed by atoms with van der Waals surface area (Å²) in [5.41, 5.74) is 9.55. The molecule has 0 saturated heterocycles. The fourth-order valence-electron chi connectivity index (χ4n) is 4.30. The number of nitrogens with one attached hydrogen (secondary N) is 1. The maximum atomic E-state index is 3.70. The van der Waals surface area contributed by atoms with Crippen molar-refractivity contribution in [2.24, 2.45) is 0 Å². The second-order valence-electron chi connectivity index (χ2n) is 7.10. The average molecular weight is 326 g/mol. The molecule has 1 aliphatic carbocycles. The molecule has 25 heavy (non-hydrogen) atoms. The molecule has 1 atom stereocenters. The molecule has 2 aliphatic rings. The molecule has 0 fully saturated rings. The van der Waals surface area contributed by atoms with Gasteiger partial charge < -0.3 is 9.88 Å². The largest absolute Gasteiger partial charge is 0.357 e. The van der Waals surface area contributed by atoms with Gasteiger partial charge in [0.1, 0.15) is 0 Å². The quantitative estimate of drug-likeness (QED) is 0.638. The van der Waals surface area contributed by atoms with Crippen LogP contribution in [0.1, 0.15) is 40.5 Å². The molecular formula is C23H22N2. The Morgan fingerprint density at radius 3 is 2.76 bits per heavy atom. The molecule has 124 valence electrons. The van der Waals surface area contributed by atoms with Gasteiger partial charge in [0.25, 0.3) is 0 Å². The molecule has 3 aromatic rings. The SMILES string of the molecule is Cc1cccc2c1CC(c1cc3c([nH]1)C=CCC3)N2c1ccccc1. The highest BCUT2D eigenvalue weighted by Gasteiger charge is 2.33. The van der Waals surface area contributed by atoms with Crippen LogP contribution in [-0.2, 0) is 12.8 Å². The maximum Gasteiger partial charge on any atom is 0.0782 e. The zero-order valence-electron chi connectivity index (χ0n) is 14.5.